The molecule has 4 N–H and O–H groups in total. The van der Waals surface area contributed by atoms with Crippen molar-refractivity contribution in [3.63, 3.8) is 0 Å². The highest BCUT2D eigenvalue weighted by Crippen LogP contribution is 2.39. The SMILES string of the molecule is CC(C)CC(C)N(Cc1cc(C(C)(C)C)cc(C(C)(C)C)c1O)c1ccc(Nc2ccc(Nc3ccc(Nc4ccccc4)cc3)cc2)cc1. The van der Waals surface area contributed by atoms with Gasteiger partial charge in [0, 0.05) is 58.0 Å². The minimum absolute atomic E-state index is 0.0234. The maximum Gasteiger partial charge on any atom is 0.124 e. The Hall–Kier alpha value is -4.90. The van der Waals surface area contributed by atoms with Crippen LogP contribution >= 0.6 is 0 Å². The van der Waals surface area contributed by atoms with E-state index in [0.717, 1.165) is 57.4 Å². The van der Waals surface area contributed by atoms with Crippen molar-refractivity contribution in [2.75, 3.05) is 20.9 Å². The number of benzene rings is 5. The molecule has 0 bridgehead atoms. The third-order valence-electron chi connectivity index (χ3n) is 9.16. The number of rotatable bonds is 12. The van der Waals surface area contributed by atoms with Crippen LogP contribution in [0.2, 0.25) is 0 Å². The summed E-state index contributed by atoms with van der Waals surface area (Å²) in [5.41, 5.74) is 10.4. The molecule has 5 heteroatoms. The summed E-state index contributed by atoms with van der Waals surface area (Å²) in [7, 11) is 0. The van der Waals surface area contributed by atoms with Crippen molar-refractivity contribution < 1.29 is 5.11 Å². The molecule has 0 heterocycles. The lowest BCUT2D eigenvalue weighted by Crippen LogP contribution is -2.34. The summed E-state index contributed by atoms with van der Waals surface area (Å²) in [5.74, 6) is 0.974. The molecule has 5 nitrogen and oxygen atoms in total. The van der Waals surface area contributed by atoms with Gasteiger partial charge >= 0.3 is 0 Å². The molecular weight excluding hydrogens is 613 g/mol. The van der Waals surface area contributed by atoms with Crippen LogP contribution in [0.1, 0.15) is 85.4 Å². The molecule has 5 rings (SSSR count). The predicted molar refractivity (Wildman–Crippen MR) is 216 cm³/mol. The van der Waals surface area contributed by atoms with Gasteiger partial charge in [-0.2, -0.15) is 0 Å². The summed E-state index contributed by atoms with van der Waals surface area (Å²) < 4.78 is 0. The van der Waals surface area contributed by atoms with Crippen LogP contribution in [-0.2, 0) is 17.4 Å². The van der Waals surface area contributed by atoms with E-state index in [1.807, 2.05) is 18.2 Å². The molecule has 0 saturated carbocycles. The monoisotopic (exact) mass is 668 g/mol. The van der Waals surface area contributed by atoms with Gasteiger partial charge in [-0.3, -0.25) is 0 Å². The summed E-state index contributed by atoms with van der Waals surface area (Å²) in [4.78, 5) is 2.45. The first-order valence-corrected chi connectivity index (χ1v) is 18.0. The fraction of sp³-hybridized carbons (Fsp3) is 0.333. The van der Waals surface area contributed by atoms with Crippen molar-refractivity contribution in [1.82, 2.24) is 0 Å². The first-order chi connectivity index (χ1) is 23.7. The largest absolute Gasteiger partial charge is 0.507 e. The van der Waals surface area contributed by atoms with E-state index in [2.05, 4.69) is 180 Å². The van der Waals surface area contributed by atoms with Crippen LogP contribution in [0, 0.1) is 5.92 Å². The van der Waals surface area contributed by atoms with Gasteiger partial charge in [0.1, 0.15) is 5.75 Å². The van der Waals surface area contributed by atoms with E-state index in [1.54, 1.807) is 0 Å². The maximum atomic E-state index is 11.6. The molecule has 0 saturated heterocycles. The molecule has 0 aromatic heterocycles. The molecule has 0 aliphatic heterocycles. The molecule has 0 aliphatic rings. The molecule has 0 radical (unpaired) electrons. The fourth-order valence-corrected chi connectivity index (χ4v) is 6.35. The number of anilines is 7. The molecule has 1 atom stereocenters. The molecule has 5 aromatic carbocycles. The standard InChI is InChI=1S/C45H56N4O/c1-31(2)27-32(3)49(30-33-28-34(44(4,5)6)29-42(43(33)50)45(7,8)9)41-25-23-40(24-26-41)48-39-21-19-38(20-22-39)47-37-17-15-36(16-18-37)46-35-13-11-10-12-14-35/h10-26,28-29,31-32,46-48,50H,27,30H2,1-9H3. The number of hydrogen-bond donors (Lipinski definition) is 4. The van der Waals surface area contributed by atoms with E-state index in [0.29, 0.717) is 24.3 Å². The van der Waals surface area contributed by atoms with Crippen LogP contribution in [0.3, 0.4) is 0 Å². The van der Waals surface area contributed by atoms with Crippen LogP contribution < -0.4 is 20.9 Å². The summed E-state index contributed by atoms with van der Waals surface area (Å²) in [5, 5.41) is 22.1. The fourth-order valence-electron chi connectivity index (χ4n) is 6.35. The van der Waals surface area contributed by atoms with Gasteiger partial charge in [0.25, 0.3) is 0 Å². The normalized spacial score (nSPS) is 12.4. The molecule has 262 valence electrons. The Bertz CT molecular complexity index is 1820. The molecule has 0 spiro atoms. The summed E-state index contributed by atoms with van der Waals surface area (Å²) in [6, 6.07) is 40.3. The van der Waals surface area contributed by atoms with Crippen LogP contribution in [0.4, 0.5) is 39.8 Å². The van der Waals surface area contributed by atoms with Gasteiger partial charge in [-0.05, 0) is 132 Å². The lowest BCUT2D eigenvalue weighted by molar-refractivity contribution is 0.432. The van der Waals surface area contributed by atoms with Gasteiger partial charge in [-0.25, -0.2) is 0 Å². The first kappa shape index (κ1) is 36.4. The number of phenols is 1. The molecule has 0 fully saturated rings. The Balaban J connectivity index is 1.29. The van der Waals surface area contributed by atoms with Crippen molar-refractivity contribution in [3.8, 4) is 5.75 Å². The smallest absolute Gasteiger partial charge is 0.124 e. The molecule has 5 aromatic rings. The van der Waals surface area contributed by atoms with Gasteiger partial charge in [-0.1, -0.05) is 79.7 Å². The van der Waals surface area contributed by atoms with E-state index in [-0.39, 0.29) is 10.8 Å². The topological polar surface area (TPSA) is 59.6 Å². The Morgan fingerprint density at radius 3 is 1.38 bits per heavy atom. The number of aromatic hydroxyl groups is 1. The van der Waals surface area contributed by atoms with E-state index < -0.39 is 0 Å². The number of para-hydroxylation sites is 1. The van der Waals surface area contributed by atoms with Gasteiger partial charge < -0.3 is 26.0 Å². The molecule has 0 aliphatic carbocycles. The van der Waals surface area contributed by atoms with Crippen molar-refractivity contribution in [2.45, 2.75) is 92.2 Å². The van der Waals surface area contributed by atoms with Gasteiger partial charge in [0.05, 0.1) is 0 Å². The highest BCUT2D eigenvalue weighted by molar-refractivity contribution is 5.69. The van der Waals surface area contributed by atoms with E-state index in [9.17, 15) is 5.11 Å². The van der Waals surface area contributed by atoms with Crippen LogP contribution in [0.5, 0.6) is 5.75 Å². The second kappa shape index (κ2) is 15.3. The zero-order valence-corrected chi connectivity index (χ0v) is 31.4. The highest BCUT2D eigenvalue weighted by Gasteiger charge is 2.27. The number of nitrogens with one attached hydrogen (secondary N) is 3. The molecule has 0 amide bonds. The third kappa shape index (κ3) is 9.62. The molecular formula is C45H56N4O. The highest BCUT2D eigenvalue weighted by atomic mass is 16.3. The number of phenolic OH excluding ortho intramolecular Hbond substituents is 1. The summed E-state index contributed by atoms with van der Waals surface area (Å²) in [6.45, 7) is 20.8. The molecule has 50 heavy (non-hydrogen) atoms. The van der Waals surface area contributed by atoms with Gasteiger partial charge in [0.2, 0.25) is 0 Å². The van der Waals surface area contributed by atoms with Crippen molar-refractivity contribution in [1.29, 1.82) is 0 Å². The Morgan fingerprint density at radius 1 is 0.560 bits per heavy atom. The zero-order chi connectivity index (χ0) is 36.1. The molecule has 1 unspecified atom stereocenters. The van der Waals surface area contributed by atoms with E-state index >= 15 is 0 Å². The maximum absolute atomic E-state index is 11.6. The van der Waals surface area contributed by atoms with Crippen LogP contribution in [0.25, 0.3) is 0 Å². The lowest BCUT2D eigenvalue weighted by Gasteiger charge is -2.34. The Labute approximate surface area is 300 Å². The minimum Gasteiger partial charge on any atom is -0.507 e. The van der Waals surface area contributed by atoms with Gasteiger partial charge in [-0.15, -0.1) is 0 Å². The van der Waals surface area contributed by atoms with Crippen molar-refractivity contribution in [2.24, 2.45) is 5.92 Å². The first-order valence-electron chi connectivity index (χ1n) is 18.0. The van der Waals surface area contributed by atoms with E-state index in [1.165, 1.54) is 5.56 Å². The van der Waals surface area contributed by atoms with Crippen LogP contribution in [-0.4, -0.2) is 11.1 Å². The van der Waals surface area contributed by atoms with Crippen molar-refractivity contribution >= 4 is 39.8 Å². The average Bonchev–Trinajstić information content (AvgIpc) is 3.05. The Morgan fingerprint density at radius 2 is 0.980 bits per heavy atom. The second-order valence-corrected chi connectivity index (χ2v) is 16.1. The van der Waals surface area contributed by atoms with Gasteiger partial charge in [0.15, 0.2) is 0 Å². The average molecular weight is 669 g/mol. The summed E-state index contributed by atoms with van der Waals surface area (Å²) >= 11 is 0. The predicted octanol–water partition coefficient (Wildman–Crippen LogP) is 12.7. The number of hydrogen-bond acceptors (Lipinski definition) is 5. The zero-order valence-electron chi connectivity index (χ0n) is 31.4. The quantitative estimate of drug-likeness (QED) is 0.107. The van der Waals surface area contributed by atoms with E-state index in [4.69, 9.17) is 0 Å². The summed E-state index contributed by atoms with van der Waals surface area (Å²) in [6.07, 6.45) is 1.06. The third-order valence-corrected chi connectivity index (χ3v) is 9.16. The Kier molecular flexibility index (Phi) is 11.2. The lowest BCUT2D eigenvalue weighted by atomic mass is 9.79. The van der Waals surface area contributed by atoms with Crippen molar-refractivity contribution in [3.05, 3.63) is 132 Å². The number of nitrogens with zero attached hydrogens (tertiary/aromatic N) is 1. The minimum atomic E-state index is -0.165. The van der Waals surface area contributed by atoms with Crippen LogP contribution in [0.15, 0.2) is 115 Å². The second-order valence-electron chi connectivity index (χ2n) is 16.1.